The minimum atomic E-state index is 0.219. The Hall–Kier alpha value is -0.120. The topological polar surface area (TPSA) is 18.5 Å². The molecule has 15 heavy (non-hydrogen) atoms. The zero-order chi connectivity index (χ0) is 11.5. The van der Waals surface area contributed by atoms with Gasteiger partial charge in [0, 0.05) is 24.7 Å². The van der Waals surface area contributed by atoms with Crippen LogP contribution in [0.4, 0.5) is 0 Å². The Labute approximate surface area is 94.8 Å². The molecule has 1 heterocycles. The number of nitrogens with one attached hydrogen (secondary N) is 1. The van der Waals surface area contributed by atoms with E-state index in [0.717, 1.165) is 6.54 Å². The van der Waals surface area contributed by atoms with Crippen LogP contribution in [-0.2, 0) is 0 Å². The minimum Gasteiger partial charge on any atom is -0.314 e. The molecule has 0 spiro atoms. The quantitative estimate of drug-likeness (QED) is 0.755. The maximum absolute atomic E-state index is 3.39. The first-order chi connectivity index (χ1) is 6.94. The van der Waals surface area contributed by atoms with Crippen molar-refractivity contribution in [3.05, 3.63) is 0 Å². The Morgan fingerprint density at radius 1 is 1.33 bits per heavy atom. The van der Waals surface area contributed by atoms with Gasteiger partial charge in [0.15, 0.2) is 0 Å². The van der Waals surface area contributed by atoms with Crippen molar-refractivity contribution in [2.75, 3.05) is 40.3 Å². The Morgan fingerprint density at radius 3 is 2.60 bits per heavy atom. The summed E-state index contributed by atoms with van der Waals surface area (Å²) < 4.78 is 0. The zero-order valence-electron chi connectivity index (χ0n) is 11.0. The van der Waals surface area contributed by atoms with Gasteiger partial charge in [-0.25, -0.2) is 0 Å². The normalized spacial score (nSPS) is 26.6. The molecule has 90 valence electrons. The summed E-state index contributed by atoms with van der Waals surface area (Å²) in [5.74, 6) is 0. The SMILES string of the molecule is CNC(C)(C)CN1CCCN(C)CC1C. The van der Waals surface area contributed by atoms with Crippen LogP contribution in [0, 0.1) is 0 Å². The monoisotopic (exact) mass is 213 g/mol. The molecule has 0 amide bonds. The predicted molar refractivity (Wildman–Crippen MR) is 66.3 cm³/mol. The fourth-order valence-electron chi connectivity index (χ4n) is 2.24. The van der Waals surface area contributed by atoms with Crippen LogP contribution in [0.5, 0.6) is 0 Å². The molecule has 0 saturated carbocycles. The summed E-state index contributed by atoms with van der Waals surface area (Å²) in [7, 11) is 4.28. The molecule has 0 aromatic heterocycles. The smallest absolute Gasteiger partial charge is 0.0249 e. The molecule has 3 nitrogen and oxygen atoms in total. The number of hydrogen-bond acceptors (Lipinski definition) is 3. The third-order valence-electron chi connectivity index (χ3n) is 3.46. The van der Waals surface area contributed by atoms with E-state index in [1.165, 1.54) is 26.1 Å². The van der Waals surface area contributed by atoms with Gasteiger partial charge in [0.1, 0.15) is 0 Å². The first-order valence-electron chi connectivity index (χ1n) is 6.06. The molecular formula is C12H27N3. The first-order valence-corrected chi connectivity index (χ1v) is 6.06. The van der Waals surface area contributed by atoms with Gasteiger partial charge in [-0.3, -0.25) is 4.90 Å². The molecule has 0 radical (unpaired) electrons. The molecule has 1 fully saturated rings. The third kappa shape index (κ3) is 4.09. The van der Waals surface area contributed by atoms with Crippen LogP contribution in [0.1, 0.15) is 27.2 Å². The maximum Gasteiger partial charge on any atom is 0.0249 e. The van der Waals surface area contributed by atoms with E-state index in [0.29, 0.717) is 6.04 Å². The Bertz CT molecular complexity index is 191. The lowest BCUT2D eigenvalue weighted by atomic mass is 10.0. The molecular weight excluding hydrogens is 186 g/mol. The standard InChI is InChI=1S/C12H27N3/c1-11-9-14(5)7-6-8-15(11)10-12(2,3)13-4/h11,13H,6-10H2,1-5H3. The summed E-state index contributed by atoms with van der Waals surface area (Å²) in [6.07, 6.45) is 1.29. The first kappa shape index (κ1) is 12.9. The second-order valence-corrected chi connectivity index (χ2v) is 5.57. The van der Waals surface area contributed by atoms with Crippen LogP contribution in [-0.4, -0.2) is 61.7 Å². The van der Waals surface area contributed by atoms with Crippen molar-refractivity contribution in [3.63, 3.8) is 0 Å². The van der Waals surface area contributed by atoms with Gasteiger partial charge in [-0.15, -0.1) is 0 Å². The highest BCUT2D eigenvalue weighted by molar-refractivity contribution is 4.84. The number of rotatable bonds is 3. The van der Waals surface area contributed by atoms with E-state index in [4.69, 9.17) is 0 Å². The Balaban J connectivity index is 2.53. The molecule has 1 saturated heterocycles. The summed E-state index contributed by atoms with van der Waals surface area (Å²) in [6, 6.07) is 0.671. The summed E-state index contributed by atoms with van der Waals surface area (Å²) in [5.41, 5.74) is 0.219. The van der Waals surface area contributed by atoms with Crippen molar-refractivity contribution >= 4 is 0 Å². The second-order valence-electron chi connectivity index (χ2n) is 5.57. The van der Waals surface area contributed by atoms with Crippen LogP contribution in [0.15, 0.2) is 0 Å². The van der Waals surface area contributed by atoms with E-state index >= 15 is 0 Å². The van der Waals surface area contributed by atoms with Gasteiger partial charge in [0.25, 0.3) is 0 Å². The molecule has 1 aliphatic heterocycles. The van der Waals surface area contributed by atoms with E-state index in [9.17, 15) is 0 Å². The largest absolute Gasteiger partial charge is 0.314 e. The molecule has 1 N–H and O–H groups in total. The van der Waals surface area contributed by atoms with Crippen LogP contribution < -0.4 is 5.32 Å². The molecule has 0 bridgehead atoms. The van der Waals surface area contributed by atoms with Crippen molar-refractivity contribution in [1.29, 1.82) is 0 Å². The highest BCUT2D eigenvalue weighted by atomic mass is 15.2. The van der Waals surface area contributed by atoms with E-state index in [-0.39, 0.29) is 5.54 Å². The Kier molecular flexibility index (Phi) is 4.56. The summed E-state index contributed by atoms with van der Waals surface area (Å²) >= 11 is 0. The van der Waals surface area contributed by atoms with Crippen LogP contribution in [0.2, 0.25) is 0 Å². The highest BCUT2D eigenvalue weighted by Gasteiger charge is 2.25. The van der Waals surface area contributed by atoms with E-state index in [1.807, 2.05) is 0 Å². The lowest BCUT2D eigenvalue weighted by molar-refractivity contribution is 0.158. The van der Waals surface area contributed by atoms with Gasteiger partial charge in [0.05, 0.1) is 0 Å². The van der Waals surface area contributed by atoms with Crippen molar-refractivity contribution < 1.29 is 0 Å². The number of hydrogen-bond donors (Lipinski definition) is 1. The predicted octanol–water partition coefficient (Wildman–Crippen LogP) is 1.01. The molecule has 0 aromatic carbocycles. The van der Waals surface area contributed by atoms with Crippen LogP contribution in [0.3, 0.4) is 0 Å². The number of nitrogens with zero attached hydrogens (tertiary/aromatic N) is 2. The molecule has 1 aliphatic rings. The third-order valence-corrected chi connectivity index (χ3v) is 3.46. The van der Waals surface area contributed by atoms with Gasteiger partial charge >= 0.3 is 0 Å². The summed E-state index contributed by atoms with van der Waals surface area (Å²) in [4.78, 5) is 5.05. The van der Waals surface area contributed by atoms with Gasteiger partial charge in [0.2, 0.25) is 0 Å². The average Bonchev–Trinajstić information content (AvgIpc) is 2.29. The lowest BCUT2D eigenvalue weighted by Gasteiger charge is -2.35. The van der Waals surface area contributed by atoms with E-state index in [1.54, 1.807) is 0 Å². The van der Waals surface area contributed by atoms with Crippen LogP contribution in [0.25, 0.3) is 0 Å². The summed E-state index contributed by atoms with van der Waals surface area (Å²) in [5, 5.41) is 3.39. The van der Waals surface area contributed by atoms with Gasteiger partial charge in [-0.2, -0.15) is 0 Å². The van der Waals surface area contributed by atoms with Crippen molar-refractivity contribution in [2.45, 2.75) is 38.8 Å². The van der Waals surface area contributed by atoms with Gasteiger partial charge in [-0.05, 0) is 54.4 Å². The Morgan fingerprint density at radius 2 is 2.00 bits per heavy atom. The minimum absolute atomic E-state index is 0.219. The maximum atomic E-state index is 3.39. The summed E-state index contributed by atoms with van der Waals surface area (Å²) in [6.45, 7) is 11.7. The lowest BCUT2D eigenvalue weighted by Crippen LogP contribution is -2.51. The molecule has 1 atom stereocenters. The molecule has 1 unspecified atom stereocenters. The number of likely N-dealkylation sites (N-methyl/N-ethyl adjacent to an activating group) is 2. The molecule has 0 aromatic rings. The van der Waals surface area contributed by atoms with Crippen molar-refractivity contribution in [1.82, 2.24) is 15.1 Å². The van der Waals surface area contributed by atoms with E-state index < -0.39 is 0 Å². The van der Waals surface area contributed by atoms with Crippen molar-refractivity contribution in [2.24, 2.45) is 0 Å². The zero-order valence-corrected chi connectivity index (χ0v) is 11.0. The second kappa shape index (κ2) is 5.28. The fraction of sp³-hybridized carbons (Fsp3) is 1.00. The highest BCUT2D eigenvalue weighted by Crippen LogP contribution is 2.13. The van der Waals surface area contributed by atoms with Gasteiger partial charge < -0.3 is 10.2 Å². The van der Waals surface area contributed by atoms with Gasteiger partial charge in [-0.1, -0.05) is 0 Å². The molecule has 3 heteroatoms. The average molecular weight is 213 g/mol. The van der Waals surface area contributed by atoms with E-state index in [2.05, 4.69) is 50.0 Å². The molecule has 0 aliphatic carbocycles. The van der Waals surface area contributed by atoms with Crippen LogP contribution >= 0.6 is 0 Å². The fourth-order valence-corrected chi connectivity index (χ4v) is 2.24. The van der Waals surface area contributed by atoms with Crippen molar-refractivity contribution in [3.8, 4) is 0 Å². The molecule has 1 rings (SSSR count).